The van der Waals surface area contributed by atoms with E-state index in [2.05, 4.69) is 21.4 Å². The van der Waals surface area contributed by atoms with Crippen molar-refractivity contribution >= 4 is 38.8 Å². The van der Waals surface area contributed by atoms with Crippen molar-refractivity contribution < 1.29 is 0 Å². The van der Waals surface area contributed by atoms with Gasteiger partial charge in [-0.2, -0.15) is 5.26 Å². The lowest BCUT2D eigenvalue weighted by molar-refractivity contribution is 0.955. The Labute approximate surface area is 128 Å². The van der Waals surface area contributed by atoms with Gasteiger partial charge in [0.05, 0.1) is 34.4 Å². The number of fused-ring (bicyclic) bond motifs is 1. The maximum Gasteiger partial charge on any atom is 0.268 e. The number of aromatic amines is 1. The molecule has 0 fully saturated rings. The summed E-state index contributed by atoms with van der Waals surface area (Å²) in [7, 11) is 0. The highest BCUT2D eigenvalue weighted by molar-refractivity contribution is 7.17. The van der Waals surface area contributed by atoms with E-state index >= 15 is 0 Å². The number of aromatic nitrogens is 2. The molecule has 0 bridgehead atoms. The number of thiophene rings is 1. The fourth-order valence-electron chi connectivity index (χ4n) is 1.91. The molecule has 0 saturated carbocycles. The van der Waals surface area contributed by atoms with Gasteiger partial charge in [-0.25, -0.2) is 4.98 Å². The van der Waals surface area contributed by atoms with Gasteiger partial charge in [0.15, 0.2) is 0 Å². The third-order valence-electron chi connectivity index (χ3n) is 2.91. The van der Waals surface area contributed by atoms with E-state index in [0.717, 1.165) is 0 Å². The van der Waals surface area contributed by atoms with Crippen LogP contribution in [-0.2, 0) is 6.54 Å². The molecule has 0 spiro atoms. The molecule has 0 saturated heterocycles. The Kier molecular flexibility index (Phi) is 3.60. The highest BCUT2D eigenvalue weighted by Crippen LogP contribution is 2.23. The molecule has 1 aromatic carbocycles. The molecular weight excluding hydrogens is 308 g/mol. The molecule has 0 unspecified atom stereocenters. The molecule has 104 valence electrons. The maximum atomic E-state index is 11.9. The summed E-state index contributed by atoms with van der Waals surface area (Å²) >= 11 is 7.43. The molecule has 0 amide bonds. The summed E-state index contributed by atoms with van der Waals surface area (Å²) in [5, 5.41) is 14.3. The summed E-state index contributed by atoms with van der Waals surface area (Å²) in [4.78, 5) is 19.0. The second-order valence-electron chi connectivity index (χ2n) is 4.31. The van der Waals surface area contributed by atoms with Crippen LogP contribution in [-0.4, -0.2) is 9.97 Å². The van der Waals surface area contributed by atoms with Crippen molar-refractivity contribution in [3.63, 3.8) is 0 Å². The highest BCUT2D eigenvalue weighted by Gasteiger charge is 2.06. The molecule has 21 heavy (non-hydrogen) atoms. The predicted molar refractivity (Wildman–Crippen MR) is 83.7 cm³/mol. The quantitative estimate of drug-likeness (QED) is 0.778. The maximum absolute atomic E-state index is 11.9. The predicted octanol–water partition coefficient (Wildman–Crippen LogP) is 3.12. The fourth-order valence-corrected chi connectivity index (χ4v) is 2.82. The van der Waals surface area contributed by atoms with Gasteiger partial charge < -0.3 is 10.3 Å². The third-order valence-corrected chi connectivity index (χ3v) is 4.14. The lowest BCUT2D eigenvalue weighted by atomic mass is 10.2. The number of H-pyrrole nitrogens is 1. The lowest BCUT2D eigenvalue weighted by Gasteiger charge is -2.08. The van der Waals surface area contributed by atoms with E-state index < -0.39 is 0 Å². The molecule has 3 rings (SSSR count). The van der Waals surface area contributed by atoms with Crippen LogP contribution in [0.5, 0.6) is 0 Å². The standard InChI is InChI=1S/C14H9ClN4OS/c15-9-2-1-8(6-16)5-11(9)17-7-12-18-10-3-4-21-13(10)14(20)19-12/h1-5,17H,7H2,(H,18,19,20). The number of hydrogen-bond donors (Lipinski definition) is 2. The molecule has 0 atom stereocenters. The zero-order valence-electron chi connectivity index (χ0n) is 10.7. The minimum absolute atomic E-state index is 0.149. The first kappa shape index (κ1) is 13.6. The van der Waals surface area contributed by atoms with Gasteiger partial charge in [0.25, 0.3) is 5.56 Å². The van der Waals surface area contributed by atoms with E-state index in [9.17, 15) is 4.79 Å². The molecule has 0 aliphatic rings. The van der Waals surface area contributed by atoms with Gasteiger partial charge in [0, 0.05) is 0 Å². The summed E-state index contributed by atoms with van der Waals surface area (Å²) in [5.41, 5.74) is 1.67. The van der Waals surface area contributed by atoms with E-state index in [-0.39, 0.29) is 5.56 Å². The zero-order chi connectivity index (χ0) is 14.8. The van der Waals surface area contributed by atoms with Crippen molar-refractivity contribution in [2.24, 2.45) is 0 Å². The summed E-state index contributed by atoms with van der Waals surface area (Å²) in [6, 6.07) is 8.81. The number of halogens is 1. The molecule has 5 nitrogen and oxygen atoms in total. The first-order chi connectivity index (χ1) is 10.2. The van der Waals surface area contributed by atoms with Crippen LogP contribution in [0, 0.1) is 11.3 Å². The molecule has 0 radical (unpaired) electrons. The minimum Gasteiger partial charge on any atom is -0.377 e. The molecule has 2 N–H and O–H groups in total. The largest absolute Gasteiger partial charge is 0.377 e. The van der Waals surface area contributed by atoms with Crippen LogP contribution < -0.4 is 10.9 Å². The third kappa shape index (κ3) is 2.75. The first-order valence-corrected chi connectivity index (χ1v) is 7.33. The van der Waals surface area contributed by atoms with Crippen molar-refractivity contribution in [3.8, 4) is 6.07 Å². The van der Waals surface area contributed by atoms with Crippen LogP contribution >= 0.6 is 22.9 Å². The number of rotatable bonds is 3. The first-order valence-electron chi connectivity index (χ1n) is 6.07. The highest BCUT2D eigenvalue weighted by atomic mass is 35.5. The Balaban J connectivity index is 1.86. The SMILES string of the molecule is N#Cc1ccc(Cl)c(NCc2nc3ccsc3c(=O)[nH]2)c1. The van der Waals surface area contributed by atoms with Crippen LogP contribution in [0.1, 0.15) is 11.4 Å². The van der Waals surface area contributed by atoms with Crippen LogP contribution in [0.2, 0.25) is 5.02 Å². The van der Waals surface area contributed by atoms with Gasteiger partial charge >= 0.3 is 0 Å². The van der Waals surface area contributed by atoms with E-state index in [1.54, 1.807) is 18.2 Å². The molecule has 2 aromatic heterocycles. The topological polar surface area (TPSA) is 81.6 Å². The smallest absolute Gasteiger partial charge is 0.268 e. The van der Waals surface area contributed by atoms with Gasteiger partial charge in [-0.3, -0.25) is 4.79 Å². The number of hydrogen-bond acceptors (Lipinski definition) is 5. The Bertz CT molecular complexity index is 909. The van der Waals surface area contributed by atoms with Gasteiger partial charge in [0.2, 0.25) is 0 Å². The number of nitrogens with zero attached hydrogens (tertiary/aromatic N) is 2. The average Bonchev–Trinajstić information content (AvgIpc) is 2.95. The number of nitrogens with one attached hydrogen (secondary N) is 2. The fraction of sp³-hybridized carbons (Fsp3) is 0.0714. The monoisotopic (exact) mass is 316 g/mol. The van der Waals surface area contributed by atoms with Crippen LogP contribution in [0.25, 0.3) is 10.2 Å². The van der Waals surface area contributed by atoms with E-state index in [4.69, 9.17) is 16.9 Å². The molecule has 2 heterocycles. The van der Waals surface area contributed by atoms with Gasteiger partial charge in [-0.15, -0.1) is 11.3 Å². The van der Waals surface area contributed by atoms with Crippen molar-refractivity contribution in [1.82, 2.24) is 9.97 Å². The number of benzene rings is 1. The van der Waals surface area contributed by atoms with Gasteiger partial charge in [-0.05, 0) is 29.6 Å². The minimum atomic E-state index is -0.149. The van der Waals surface area contributed by atoms with Gasteiger partial charge in [0.1, 0.15) is 10.5 Å². The second kappa shape index (κ2) is 5.56. The van der Waals surface area contributed by atoms with Crippen LogP contribution in [0.3, 0.4) is 0 Å². The molecule has 0 aliphatic heterocycles. The molecular formula is C14H9ClN4OS. The van der Waals surface area contributed by atoms with Crippen molar-refractivity contribution in [3.05, 3.63) is 56.4 Å². The van der Waals surface area contributed by atoms with Crippen molar-refractivity contribution in [1.29, 1.82) is 5.26 Å². The summed E-state index contributed by atoms with van der Waals surface area (Å²) in [6.45, 7) is 0.315. The molecule has 3 aromatic rings. The molecule has 7 heteroatoms. The Morgan fingerprint density at radius 1 is 1.43 bits per heavy atom. The van der Waals surface area contributed by atoms with Crippen molar-refractivity contribution in [2.75, 3.05) is 5.32 Å². The van der Waals surface area contributed by atoms with E-state index in [1.807, 2.05) is 11.4 Å². The Morgan fingerprint density at radius 3 is 3.10 bits per heavy atom. The van der Waals surface area contributed by atoms with Gasteiger partial charge in [-0.1, -0.05) is 11.6 Å². The average molecular weight is 317 g/mol. The summed E-state index contributed by atoms with van der Waals surface area (Å²) in [6.07, 6.45) is 0. The van der Waals surface area contributed by atoms with Crippen LogP contribution in [0.4, 0.5) is 5.69 Å². The normalized spacial score (nSPS) is 10.5. The zero-order valence-corrected chi connectivity index (χ0v) is 12.3. The number of anilines is 1. The number of nitriles is 1. The van der Waals surface area contributed by atoms with E-state index in [0.29, 0.717) is 38.9 Å². The lowest BCUT2D eigenvalue weighted by Crippen LogP contribution is -2.13. The summed E-state index contributed by atoms with van der Waals surface area (Å²) in [5.74, 6) is 0.518. The second-order valence-corrected chi connectivity index (χ2v) is 5.63. The summed E-state index contributed by atoms with van der Waals surface area (Å²) < 4.78 is 0.614. The van der Waals surface area contributed by atoms with Crippen molar-refractivity contribution in [2.45, 2.75) is 6.54 Å². The Morgan fingerprint density at radius 2 is 2.29 bits per heavy atom. The van der Waals surface area contributed by atoms with Crippen LogP contribution in [0.15, 0.2) is 34.4 Å². The molecule has 0 aliphatic carbocycles. The van der Waals surface area contributed by atoms with E-state index in [1.165, 1.54) is 11.3 Å². The Hall–Kier alpha value is -2.36.